The van der Waals surface area contributed by atoms with Crippen LogP contribution >= 0.6 is 9.24 Å². The van der Waals surface area contributed by atoms with Crippen molar-refractivity contribution < 1.29 is 0 Å². The molecule has 0 saturated carbocycles. The number of rotatable bonds is 2. The largest absolute Gasteiger partial charge is 0.292 e. The summed E-state index contributed by atoms with van der Waals surface area (Å²) in [6.45, 7) is 6.83. The van der Waals surface area contributed by atoms with Crippen LogP contribution in [0.4, 0.5) is 0 Å². The molecule has 3 atom stereocenters. The van der Waals surface area contributed by atoms with E-state index >= 15 is 0 Å². The molecule has 1 heterocycles. The van der Waals surface area contributed by atoms with Crippen LogP contribution in [0.15, 0.2) is 0 Å². The van der Waals surface area contributed by atoms with Crippen LogP contribution in [0.1, 0.15) is 33.6 Å². The zero-order valence-corrected chi connectivity index (χ0v) is 8.33. The van der Waals surface area contributed by atoms with Gasteiger partial charge in [0, 0.05) is 17.9 Å². The molecule has 0 aromatic carbocycles. The zero-order valence-electron chi connectivity index (χ0n) is 7.17. The van der Waals surface area contributed by atoms with Gasteiger partial charge in [-0.15, -0.1) is 9.24 Å². The Labute approximate surface area is 66.4 Å². The lowest BCUT2D eigenvalue weighted by molar-refractivity contribution is 0.0327. The Morgan fingerprint density at radius 2 is 2.20 bits per heavy atom. The van der Waals surface area contributed by atoms with Crippen molar-refractivity contribution in [3.05, 3.63) is 0 Å². The third-order valence-electron chi connectivity index (χ3n) is 2.39. The number of nitrogens with zero attached hydrogens (tertiary/aromatic N) is 1. The van der Waals surface area contributed by atoms with E-state index in [4.69, 9.17) is 0 Å². The first-order valence-electron chi connectivity index (χ1n) is 4.19. The fraction of sp³-hybridized carbons (Fsp3) is 1.00. The van der Waals surface area contributed by atoms with Gasteiger partial charge >= 0.3 is 0 Å². The second-order valence-corrected chi connectivity index (χ2v) is 4.18. The highest BCUT2D eigenvalue weighted by molar-refractivity contribution is 7.17. The van der Waals surface area contributed by atoms with E-state index in [9.17, 15) is 0 Å². The smallest absolute Gasteiger partial charge is 0.0259 e. The van der Waals surface area contributed by atoms with Crippen molar-refractivity contribution in [1.82, 2.24) is 4.90 Å². The summed E-state index contributed by atoms with van der Waals surface area (Å²) in [5.74, 6) is 0.755. The Balaban J connectivity index is 2.40. The maximum absolute atomic E-state index is 2.91. The minimum absolute atomic E-state index is 0.723. The third kappa shape index (κ3) is 1.35. The molecular weight excluding hydrogens is 141 g/mol. The number of likely N-dealkylation sites (tertiary alicyclic amines) is 1. The Morgan fingerprint density at radius 1 is 1.60 bits per heavy atom. The molecule has 1 fully saturated rings. The van der Waals surface area contributed by atoms with E-state index in [0.29, 0.717) is 0 Å². The summed E-state index contributed by atoms with van der Waals surface area (Å²) in [5.41, 5.74) is 0. The molecule has 1 nitrogen and oxygen atoms in total. The van der Waals surface area contributed by atoms with Crippen LogP contribution in [-0.4, -0.2) is 22.8 Å². The van der Waals surface area contributed by atoms with Gasteiger partial charge in [-0.25, -0.2) is 0 Å². The Kier molecular flexibility index (Phi) is 2.71. The molecule has 60 valence electrons. The van der Waals surface area contributed by atoms with Crippen LogP contribution in [-0.2, 0) is 0 Å². The predicted octanol–water partition coefficient (Wildman–Crippen LogP) is 2.08. The van der Waals surface area contributed by atoms with E-state index in [2.05, 4.69) is 34.9 Å². The van der Waals surface area contributed by atoms with Crippen molar-refractivity contribution in [2.75, 3.05) is 0 Å². The van der Waals surface area contributed by atoms with Crippen molar-refractivity contribution in [1.29, 1.82) is 0 Å². The van der Waals surface area contributed by atoms with Gasteiger partial charge in [0.25, 0.3) is 0 Å². The maximum atomic E-state index is 2.91. The molecule has 1 saturated heterocycles. The first kappa shape index (κ1) is 8.49. The standard InChI is InChI=1S/C8H18NP/c1-4-7-5-8(10)9(7)6(2)3/h6-8H,4-5,10H2,1-3H3. The maximum Gasteiger partial charge on any atom is 0.0259 e. The lowest BCUT2D eigenvalue weighted by Crippen LogP contribution is -2.55. The first-order valence-corrected chi connectivity index (χ1v) is 4.86. The molecular formula is C8H18NP. The molecule has 0 amide bonds. The topological polar surface area (TPSA) is 3.24 Å². The van der Waals surface area contributed by atoms with Gasteiger partial charge < -0.3 is 0 Å². The molecule has 3 unspecified atom stereocenters. The SMILES string of the molecule is CCC1CC(P)N1C(C)C. The minimum atomic E-state index is 0.723. The highest BCUT2D eigenvalue weighted by atomic mass is 31.0. The molecule has 1 aliphatic rings. The predicted molar refractivity (Wildman–Crippen MR) is 49.2 cm³/mol. The monoisotopic (exact) mass is 159 g/mol. The van der Waals surface area contributed by atoms with Gasteiger partial charge in [0.1, 0.15) is 0 Å². The molecule has 1 aliphatic heterocycles. The lowest BCUT2D eigenvalue weighted by Gasteiger charge is -2.49. The summed E-state index contributed by atoms with van der Waals surface area (Å²) in [6.07, 6.45) is 2.68. The summed E-state index contributed by atoms with van der Waals surface area (Å²) >= 11 is 0. The average molecular weight is 159 g/mol. The van der Waals surface area contributed by atoms with Gasteiger partial charge in [-0.2, -0.15) is 0 Å². The van der Waals surface area contributed by atoms with Crippen molar-refractivity contribution in [2.24, 2.45) is 0 Å². The molecule has 2 heteroatoms. The molecule has 0 aromatic rings. The summed E-state index contributed by atoms with van der Waals surface area (Å²) in [7, 11) is 2.91. The van der Waals surface area contributed by atoms with Crippen LogP contribution in [0, 0.1) is 0 Å². The van der Waals surface area contributed by atoms with E-state index in [0.717, 1.165) is 17.9 Å². The normalized spacial score (nSPS) is 34.5. The van der Waals surface area contributed by atoms with Crippen LogP contribution in [0.25, 0.3) is 0 Å². The highest BCUT2D eigenvalue weighted by Crippen LogP contribution is 2.33. The molecule has 0 N–H and O–H groups in total. The highest BCUT2D eigenvalue weighted by Gasteiger charge is 2.35. The van der Waals surface area contributed by atoms with Crippen molar-refractivity contribution in [2.45, 2.75) is 51.5 Å². The zero-order chi connectivity index (χ0) is 7.72. The van der Waals surface area contributed by atoms with Crippen LogP contribution in [0.3, 0.4) is 0 Å². The van der Waals surface area contributed by atoms with E-state index < -0.39 is 0 Å². The van der Waals surface area contributed by atoms with Crippen molar-refractivity contribution in [3.8, 4) is 0 Å². The van der Waals surface area contributed by atoms with Crippen LogP contribution in [0.2, 0.25) is 0 Å². The molecule has 0 bridgehead atoms. The summed E-state index contributed by atoms with van der Waals surface area (Å²) in [4.78, 5) is 2.57. The van der Waals surface area contributed by atoms with E-state index in [-0.39, 0.29) is 0 Å². The van der Waals surface area contributed by atoms with Crippen molar-refractivity contribution in [3.63, 3.8) is 0 Å². The van der Waals surface area contributed by atoms with E-state index in [1.807, 2.05) is 0 Å². The van der Waals surface area contributed by atoms with Gasteiger partial charge in [-0.05, 0) is 26.7 Å². The molecule has 10 heavy (non-hydrogen) atoms. The number of hydrogen-bond donors (Lipinski definition) is 0. The van der Waals surface area contributed by atoms with Crippen LogP contribution in [0.5, 0.6) is 0 Å². The lowest BCUT2D eigenvalue weighted by atomic mass is 9.98. The average Bonchev–Trinajstić information content (AvgIpc) is 1.80. The Bertz CT molecular complexity index is 109. The molecule has 0 aromatic heterocycles. The number of hydrogen-bond acceptors (Lipinski definition) is 1. The van der Waals surface area contributed by atoms with Gasteiger partial charge in [0.2, 0.25) is 0 Å². The Morgan fingerprint density at radius 3 is 2.40 bits per heavy atom. The first-order chi connectivity index (χ1) is 4.66. The molecule has 0 aliphatic carbocycles. The second-order valence-electron chi connectivity index (χ2n) is 3.41. The summed E-state index contributed by atoms with van der Waals surface area (Å²) in [6, 6.07) is 1.59. The summed E-state index contributed by atoms with van der Waals surface area (Å²) < 4.78 is 0. The van der Waals surface area contributed by atoms with Gasteiger partial charge in [0.05, 0.1) is 0 Å². The van der Waals surface area contributed by atoms with E-state index in [1.165, 1.54) is 12.8 Å². The van der Waals surface area contributed by atoms with Gasteiger partial charge in [-0.3, -0.25) is 4.90 Å². The van der Waals surface area contributed by atoms with E-state index in [1.54, 1.807) is 0 Å². The summed E-state index contributed by atoms with van der Waals surface area (Å²) in [5, 5.41) is 0. The van der Waals surface area contributed by atoms with Gasteiger partial charge in [-0.1, -0.05) is 6.92 Å². The second kappa shape index (κ2) is 3.19. The fourth-order valence-corrected chi connectivity index (χ4v) is 2.74. The van der Waals surface area contributed by atoms with Gasteiger partial charge in [0.15, 0.2) is 0 Å². The third-order valence-corrected chi connectivity index (χ3v) is 3.00. The van der Waals surface area contributed by atoms with Crippen LogP contribution < -0.4 is 0 Å². The minimum Gasteiger partial charge on any atom is -0.292 e. The molecule has 0 radical (unpaired) electrons. The molecule has 1 rings (SSSR count). The fourth-order valence-electron chi connectivity index (χ4n) is 1.84. The Hall–Kier alpha value is 0.390. The molecule has 0 spiro atoms. The quantitative estimate of drug-likeness (QED) is 0.557. The van der Waals surface area contributed by atoms with Crippen molar-refractivity contribution >= 4 is 9.24 Å².